The largest absolute Gasteiger partial charge is 0.493 e. The Morgan fingerprint density at radius 2 is 1.78 bits per heavy atom. The molecule has 2 aromatic heterocycles. The number of aryl methyl sites for hydroxylation is 2. The van der Waals surface area contributed by atoms with E-state index in [0.717, 1.165) is 32.1 Å². The quantitative estimate of drug-likeness (QED) is 0.677. The van der Waals surface area contributed by atoms with Gasteiger partial charge in [-0.05, 0) is 50.1 Å². The summed E-state index contributed by atoms with van der Waals surface area (Å²) in [5.74, 6) is -0.274. The molecule has 1 saturated heterocycles. The zero-order chi connectivity index (χ0) is 23.2. The third kappa shape index (κ3) is 3.63. The van der Waals surface area contributed by atoms with Crippen LogP contribution in [0.15, 0.2) is 35.3 Å². The lowest BCUT2D eigenvalue weighted by atomic mass is 10.1. The number of hydrogen-bond donors (Lipinski definition) is 1. The van der Waals surface area contributed by atoms with Gasteiger partial charge in [0.15, 0.2) is 0 Å². The minimum Gasteiger partial charge on any atom is -0.493 e. The fourth-order valence-electron chi connectivity index (χ4n) is 4.17. The predicted octanol–water partition coefficient (Wildman–Crippen LogP) is 2.30. The molecule has 4 rings (SSSR count). The summed E-state index contributed by atoms with van der Waals surface area (Å²) in [7, 11) is 1.41. The second kappa shape index (κ2) is 8.14. The second-order valence-corrected chi connectivity index (χ2v) is 8.18. The number of benzene rings is 1. The highest BCUT2D eigenvalue weighted by molar-refractivity contribution is 5.94. The third-order valence-electron chi connectivity index (χ3n) is 5.94. The van der Waals surface area contributed by atoms with Crippen molar-refractivity contribution in [1.82, 2.24) is 19.0 Å². The number of pyridine rings is 1. The Kier molecular flexibility index (Phi) is 5.50. The Morgan fingerprint density at radius 3 is 2.34 bits per heavy atom. The molecule has 0 spiro atoms. The van der Waals surface area contributed by atoms with Crippen LogP contribution in [-0.2, 0) is 7.05 Å². The van der Waals surface area contributed by atoms with E-state index >= 15 is 0 Å². The van der Waals surface area contributed by atoms with Crippen LogP contribution in [0, 0.1) is 26.6 Å². The van der Waals surface area contributed by atoms with Gasteiger partial charge in [-0.15, -0.1) is 0 Å². The van der Waals surface area contributed by atoms with E-state index in [-0.39, 0.29) is 28.7 Å². The third-order valence-corrected chi connectivity index (χ3v) is 5.94. The van der Waals surface area contributed by atoms with Crippen LogP contribution in [-0.4, -0.2) is 56.2 Å². The topological polar surface area (TPSA) is 83.6 Å². The maximum absolute atomic E-state index is 14.9. The number of halogens is 1. The molecule has 8 nitrogen and oxygen atoms in total. The number of nitrogens with zero attached hydrogens (tertiary/aromatic N) is 5. The molecule has 1 amide bonds. The summed E-state index contributed by atoms with van der Waals surface area (Å²) in [5, 5.41) is 9.96. The van der Waals surface area contributed by atoms with Crippen molar-refractivity contribution in [3.8, 4) is 11.6 Å². The lowest BCUT2D eigenvalue weighted by Crippen LogP contribution is -2.49. The normalized spacial score (nSPS) is 14.2. The lowest BCUT2D eigenvalue weighted by molar-refractivity contribution is 0.0746. The SMILES string of the molecule is Cc1cnc(N2CCN(C(=O)c3ccc(-n4c(C)c(O)n(C)c4=O)c(F)c3)CC2)c(C)c1. The highest BCUT2D eigenvalue weighted by Gasteiger charge is 2.25. The number of piperazine rings is 1. The Bertz CT molecular complexity index is 1260. The molecule has 3 aromatic rings. The molecule has 168 valence electrons. The van der Waals surface area contributed by atoms with Crippen LogP contribution in [0.2, 0.25) is 0 Å². The van der Waals surface area contributed by atoms with E-state index in [1.165, 1.54) is 26.1 Å². The number of imidazole rings is 1. The minimum absolute atomic E-state index is 0.00862. The van der Waals surface area contributed by atoms with Gasteiger partial charge < -0.3 is 14.9 Å². The molecule has 9 heteroatoms. The van der Waals surface area contributed by atoms with Crippen molar-refractivity contribution in [2.75, 3.05) is 31.1 Å². The predicted molar refractivity (Wildman–Crippen MR) is 119 cm³/mol. The average molecular weight is 439 g/mol. The van der Waals surface area contributed by atoms with Crippen molar-refractivity contribution in [2.24, 2.45) is 7.05 Å². The maximum Gasteiger partial charge on any atom is 0.335 e. The Morgan fingerprint density at radius 1 is 1.09 bits per heavy atom. The van der Waals surface area contributed by atoms with E-state index in [4.69, 9.17) is 0 Å². The molecule has 0 aliphatic carbocycles. The van der Waals surface area contributed by atoms with E-state index in [1.807, 2.05) is 20.0 Å². The van der Waals surface area contributed by atoms with Gasteiger partial charge in [-0.3, -0.25) is 13.9 Å². The first-order valence-corrected chi connectivity index (χ1v) is 10.4. The zero-order valence-electron chi connectivity index (χ0n) is 18.6. The zero-order valence-corrected chi connectivity index (χ0v) is 18.6. The van der Waals surface area contributed by atoms with Crippen molar-refractivity contribution in [3.63, 3.8) is 0 Å². The second-order valence-electron chi connectivity index (χ2n) is 8.18. The Labute approximate surface area is 185 Å². The number of carbonyl (C=O) groups excluding carboxylic acids is 1. The van der Waals surface area contributed by atoms with Crippen LogP contribution in [0.3, 0.4) is 0 Å². The molecule has 1 aliphatic rings. The number of aromatic hydroxyl groups is 1. The Hall–Kier alpha value is -3.62. The summed E-state index contributed by atoms with van der Waals surface area (Å²) in [6, 6.07) is 6.14. The monoisotopic (exact) mass is 439 g/mol. The molecule has 0 saturated carbocycles. The standard InChI is InChI=1S/C23H26FN5O3/c1-14-11-15(2)20(25-13-14)27-7-9-28(10-8-27)22(31)17-5-6-19(18(24)12-17)29-16(3)21(30)26(4)23(29)32/h5-6,11-13,30H,7-10H2,1-4H3. The summed E-state index contributed by atoms with van der Waals surface area (Å²) >= 11 is 0. The van der Waals surface area contributed by atoms with Crippen molar-refractivity contribution < 1.29 is 14.3 Å². The molecule has 0 unspecified atom stereocenters. The van der Waals surface area contributed by atoms with Gasteiger partial charge in [-0.1, -0.05) is 6.07 Å². The van der Waals surface area contributed by atoms with Crippen molar-refractivity contribution in [3.05, 3.63) is 69.1 Å². The van der Waals surface area contributed by atoms with E-state index in [2.05, 4.69) is 16.0 Å². The summed E-state index contributed by atoms with van der Waals surface area (Å²) in [6.07, 6.45) is 1.84. The summed E-state index contributed by atoms with van der Waals surface area (Å²) in [6.45, 7) is 7.84. The molecule has 1 fully saturated rings. The number of hydrogen-bond acceptors (Lipinski definition) is 5. The van der Waals surface area contributed by atoms with Crippen molar-refractivity contribution in [1.29, 1.82) is 0 Å². The van der Waals surface area contributed by atoms with Gasteiger partial charge in [0.05, 0.1) is 11.4 Å². The molecule has 0 bridgehead atoms. The van der Waals surface area contributed by atoms with Gasteiger partial charge in [0.2, 0.25) is 5.88 Å². The van der Waals surface area contributed by atoms with Crippen LogP contribution in [0.1, 0.15) is 27.2 Å². The smallest absolute Gasteiger partial charge is 0.335 e. The average Bonchev–Trinajstić information content (AvgIpc) is 2.96. The lowest BCUT2D eigenvalue weighted by Gasteiger charge is -2.36. The van der Waals surface area contributed by atoms with Gasteiger partial charge in [-0.25, -0.2) is 14.2 Å². The van der Waals surface area contributed by atoms with Gasteiger partial charge in [0.1, 0.15) is 11.6 Å². The van der Waals surface area contributed by atoms with Gasteiger partial charge in [0.25, 0.3) is 5.91 Å². The molecule has 3 heterocycles. The van der Waals surface area contributed by atoms with Crippen LogP contribution >= 0.6 is 0 Å². The van der Waals surface area contributed by atoms with E-state index in [9.17, 15) is 19.1 Å². The van der Waals surface area contributed by atoms with Crippen LogP contribution < -0.4 is 10.6 Å². The van der Waals surface area contributed by atoms with Crippen molar-refractivity contribution >= 4 is 11.7 Å². The molecular formula is C23H26FN5O3. The van der Waals surface area contributed by atoms with E-state index < -0.39 is 11.5 Å². The van der Waals surface area contributed by atoms with Crippen molar-refractivity contribution in [2.45, 2.75) is 20.8 Å². The summed E-state index contributed by atoms with van der Waals surface area (Å²) < 4.78 is 17.0. The first-order chi connectivity index (χ1) is 15.2. The minimum atomic E-state index is -0.704. The first kappa shape index (κ1) is 21.6. The molecule has 0 radical (unpaired) electrons. The number of aromatic nitrogens is 3. The number of rotatable bonds is 3. The highest BCUT2D eigenvalue weighted by atomic mass is 19.1. The number of carbonyl (C=O) groups is 1. The van der Waals surface area contributed by atoms with E-state index in [1.54, 1.807) is 4.90 Å². The molecule has 1 N–H and O–H groups in total. The molecular weight excluding hydrogens is 413 g/mol. The van der Waals surface area contributed by atoms with Gasteiger partial charge >= 0.3 is 5.69 Å². The fourth-order valence-corrected chi connectivity index (χ4v) is 4.17. The maximum atomic E-state index is 14.9. The summed E-state index contributed by atoms with van der Waals surface area (Å²) in [4.78, 5) is 33.7. The van der Waals surface area contributed by atoms with Gasteiger partial charge in [0, 0.05) is 45.0 Å². The fraction of sp³-hybridized carbons (Fsp3) is 0.348. The molecule has 0 atom stereocenters. The molecule has 1 aromatic carbocycles. The molecule has 1 aliphatic heterocycles. The van der Waals surface area contributed by atoms with E-state index in [0.29, 0.717) is 26.2 Å². The number of amides is 1. The van der Waals surface area contributed by atoms with Crippen LogP contribution in [0.4, 0.5) is 10.2 Å². The highest BCUT2D eigenvalue weighted by Crippen LogP contribution is 2.23. The first-order valence-electron chi connectivity index (χ1n) is 10.4. The van der Waals surface area contributed by atoms with Crippen LogP contribution in [0.5, 0.6) is 5.88 Å². The molecule has 32 heavy (non-hydrogen) atoms. The van der Waals surface area contributed by atoms with Crippen LogP contribution in [0.25, 0.3) is 5.69 Å². The van der Waals surface area contributed by atoms with Gasteiger partial charge in [-0.2, -0.15) is 0 Å². The Balaban J connectivity index is 1.51. The number of anilines is 1. The summed E-state index contributed by atoms with van der Waals surface area (Å²) in [5.41, 5.74) is 2.08.